The second-order valence-corrected chi connectivity index (χ2v) is 5.27. The van der Waals surface area contributed by atoms with E-state index < -0.39 is 0 Å². The number of hydrogen-bond donors (Lipinski definition) is 3. The Hall–Kier alpha value is -1.89. The summed E-state index contributed by atoms with van der Waals surface area (Å²) in [5.74, 6) is 1.36. The Balaban J connectivity index is 2.23. The molecule has 20 heavy (non-hydrogen) atoms. The molecule has 0 saturated heterocycles. The molecule has 0 radical (unpaired) electrons. The third-order valence-corrected chi connectivity index (χ3v) is 3.08. The highest BCUT2D eigenvalue weighted by Crippen LogP contribution is 2.21. The monoisotopic (exact) mass is 278 g/mol. The first-order valence-corrected chi connectivity index (χ1v) is 6.80. The van der Waals surface area contributed by atoms with E-state index in [1.54, 1.807) is 13.3 Å². The van der Waals surface area contributed by atoms with Crippen LogP contribution in [0.15, 0.2) is 6.20 Å². The molecule has 0 amide bonds. The minimum Gasteiger partial charge on any atom is -0.377 e. The summed E-state index contributed by atoms with van der Waals surface area (Å²) in [5, 5.41) is 14.3. The van der Waals surface area contributed by atoms with Crippen LogP contribution >= 0.6 is 0 Å². The average molecular weight is 278 g/mol. The van der Waals surface area contributed by atoms with Gasteiger partial charge in [-0.3, -0.25) is 5.10 Å². The van der Waals surface area contributed by atoms with E-state index in [-0.39, 0.29) is 5.60 Å². The number of hydrogen-bond acceptors (Lipinski definition) is 6. The van der Waals surface area contributed by atoms with Crippen molar-refractivity contribution < 1.29 is 4.74 Å². The van der Waals surface area contributed by atoms with E-state index in [0.29, 0.717) is 12.5 Å². The molecule has 0 spiro atoms. The molecule has 0 aliphatic heterocycles. The van der Waals surface area contributed by atoms with Gasteiger partial charge in [0.15, 0.2) is 5.65 Å². The number of methoxy groups -OCH3 is 1. The predicted molar refractivity (Wildman–Crippen MR) is 80.0 cm³/mol. The molecule has 0 fully saturated rings. The van der Waals surface area contributed by atoms with Crippen molar-refractivity contribution in [2.45, 2.75) is 32.8 Å². The largest absolute Gasteiger partial charge is 0.377 e. The fourth-order valence-corrected chi connectivity index (χ4v) is 1.65. The van der Waals surface area contributed by atoms with Crippen LogP contribution in [0.3, 0.4) is 0 Å². The van der Waals surface area contributed by atoms with Crippen LogP contribution in [0.25, 0.3) is 11.0 Å². The van der Waals surface area contributed by atoms with Gasteiger partial charge in [-0.05, 0) is 20.3 Å². The third kappa shape index (κ3) is 3.36. The average Bonchev–Trinajstić information content (AvgIpc) is 2.91. The number of aromatic amines is 1. The molecule has 7 nitrogen and oxygen atoms in total. The van der Waals surface area contributed by atoms with E-state index in [4.69, 9.17) is 4.74 Å². The van der Waals surface area contributed by atoms with Gasteiger partial charge in [-0.1, -0.05) is 6.92 Å². The lowest BCUT2D eigenvalue weighted by molar-refractivity contribution is 0.0343. The smallest absolute Gasteiger partial charge is 0.226 e. The highest BCUT2D eigenvalue weighted by molar-refractivity contribution is 5.86. The van der Waals surface area contributed by atoms with E-state index >= 15 is 0 Å². The Labute approximate surface area is 118 Å². The Morgan fingerprint density at radius 2 is 2.10 bits per heavy atom. The summed E-state index contributed by atoms with van der Waals surface area (Å²) in [6, 6.07) is 0. The Kier molecular flexibility index (Phi) is 4.39. The number of fused-ring (bicyclic) bond motifs is 1. The SMILES string of the molecule is CCCNc1nc(NCC(C)(C)OC)c2cn[nH]c2n1. The van der Waals surface area contributed by atoms with Crippen LogP contribution in [0.4, 0.5) is 11.8 Å². The number of nitrogens with one attached hydrogen (secondary N) is 3. The molecule has 0 bridgehead atoms. The van der Waals surface area contributed by atoms with Crippen LogP contribution < -0.4 is 10.6 Å². The number of rotatable bonds is 7. The molecule has 2 rings (SSSR count). The van der Waals surface area contributed by atoms with Gasteiger partial charge in [-0.2, -0.15) is 15.1 Å². The molecule has 0 unspecified atom stereocenters. The zero-order chi connectivity index (χ0) is 14.6. The molecule has 2 heterocycles. The Bertz CT molecular complexity index is 565. The van der Waals surface area contributed by atoms with Gasteiger partial charge < -0.3 is 15.4 Å². The van der Waals surface area contributed by atoms with Crippen molar-refractivity contribution >= 4 is 22.8 Å². The van der Waals surface area contributed by atoms with Crippen LogP contribution in [-0.4, -0.2) is 46.0 Å². The molecule has 2 aromatic rings. The topological polar surface area (TPSA) is 87.8 Å². The van der Waals surface area contributed by atoms with Gasteiger partial charge in [0.2, 0.25) is 5.95 Å². The van der Waals surface area contributed by atoms with Gasteiger partial charge in [-0.15, -0.1) is 0 Å². The molecular formula is C13H22N6O. The van der Waals surface area contributed by atoms with Crippen molar-refractivity contribution in [3.05, 3.63) is 6.20 Å². The standard InChI is InChI=1S/C13H22N6O/c1-5-6-14-12-17-10(15-8-13(2,3)20-4)9-7-16-19-11(9)18-12/h7H,5-6,8H2,1-4H3,(H3,14,15,16,17,18,19). The highest BCUT2D eigenvalue weighted by atomic mass is 16.5. The van der Waals surface area contributed by atoms with E-state index in [0.717, 1.165) is 29.8 Å². The summed E-state index contributed by atoms with van der Waals surface area (Å²) in [4.78, 5) is 8.89. The quantitative estimate of drug-likeness (QED) is 0.718. The second kappa shape index (κ2) is 6.04. The van der Waals surface area contributed by atoms with Crippen molar-refractivity contribution in [2.24, 2.45) is 0 Å². The Morgan fingerprint density at radius 1 is 1.30 bits per heavy atom. The normalized spacial score (nSPS) is 11.8. The van der Waals surface area contributed by atoms with Crippen LogP contribution in [0.5, 0.6) is 0 Å². The maximum absolute atomic E-state index is 5.40. The van der Waals surface area contributed by atoms with Crippen molar-refractivity contribution in [1.29, 1.82) is 0 Å². The zero-order valence-electron chi connectivity index (χ0n) is 12.4. The van der Waals surface area contributed by atoms with Crippen LogP contribution in [0.2, 0.25) is 0 Å². The number of H-pyrrole nitrogens is 1. The molecule has 0 atom stereocenters. The maximum Gasteiger partial charge on any atom is 0.226 e. The molecular weight excluding hydrogens is 256 g/mol. The lowest BCUT2D eigenvalue weighted by atomic mass is 10.1. The number of aromatic nitrogens is 4. The summed E-state index contributed by atoms with van der Waals surface area (Å²) in [5.41, 5.74) is 0.453. The van der Waals surface area contributed by atoms with E-state index in [1.165, 1.54) is 0 Å². The van der Waals surface area contributed by atoms with Gasteiger partial charge >= 0.3 is 0 Å². The fourth-order valence-electron chi connectivity index (χ4n) is 1.65. The van der Waals surface area contributed by atoms with Crippen LogP contribution in [0, 0.1) is 0 Å². The lowest BCUT2D eigenvalue weighted by Crippen LogP contribution is -2.32. The summed E-state index contributed by atoms with van der Waals surface area (Å²) >= 11 is 0. The number of ether oxygens (including phenoxy) is 1. The van der Waals surface area contributed by atoms with Gasteiger partial charge in [-0.25, -0.2) is 0 Å². The van der Waals surface area contributed by atoms with Gasteiger partial charge in [0, 0.05) is 20.2 Å². The molecule has 0 saturated carbocycles. The minimum absolute atomic E-state index is 0.266. The van der Waals surface area contributed by atoms with E-state index in [1.807, 2.05) is 13.8 Å². The van der Waals surface area contributed by atoms with Gasteiger partial charge in [0.25, 0.3) is 0 Å². The van der Waals surface area contributed by atoms with Crippen molar-refractivity contribution in [3.63, 3.8) is 0 Å². The van der Waals surface area contributed by atoms with Crippen LogP contribution in [0.1, 0.15) is 27.2 Å². The molecule has 2 aromatic heterocycles. The highest BCUT2D eigenvalue weighted by Gasteiger charge is 2.17. The first kappa shape index (κ1) is 14.5. The van der Waals surface area contributed by atoms with Crippen molar-refractivity contribution in [3.8, 4) is 0 Å². The summed E-state index contributed by atoms with van der Waals surface area (Å²) in [6.07, 6.45) is 2.74. The number of nitrogens with zero attached hydrogens (tertiary/aromatic N) is 3. The van der Waals surface area contributed by atoms with E-state index in [9.17, 15) is 0 Å². The molecule has 3 N–H and O–H groups in total. The molecule has 0 aliphatic carbocycles. The maximum atomic E-state index is 5.40. The summed E-state index contributed by atoms with van der Waals surface area (Å²) < 4.78 is 5.40. The zero-order valence-corrected chi connectivity index (χ0v) is 12.4. The Morgan fingerprint density at radius 3 is 2.80 bits per heavy atom. The fraction of sp³-hybridized carbons (Fsp3) is 0.615. The first-order valence-electron chi connectivity index (χ1n) is 6.80. The van der Waals surface area contributed by atoms with E-state index in [2.05, 4.69) is 37.7 Å². The molecule has 110 valence electrons. The molecule has 0 aliphatic rings. The second-order valence-electron chi connectivity index (χ2n) is 5.27. The van der Waals surface area contributed by atoms with Crippen LogP contribution in [-0.2, 0) is 4.74 Å². The first-order chi connectivity index (χ1) is 9.55. The summed E-state index contributed by atoms with van der Waals surface area (Å²) in [7, 11) is 1.70. The lowest BCUT2D eigenvalue weighted by Gasteiger charge is -2.23. The predicted octanol–water partition coefficient (Wildman–Crippen LogP) is 2.01. The van der Waals surface area contributed by atoms with Crippen molar-refractivity contribution in [1.82, 2.24) is 20.2 Å². The third-order valence-electron chi connectivity index (χ3n) is 3.08. The number of anilines is 2. The minimum atomic E-state index is -0.266. The summed E-state index contributed by atoms with van der Waals surface area (Å²) in [6.45, 7) is 7.62. The van der Waals surface area contributed by atoms with Gasteiger partial charge in [0.05, 0.1) is 17.2 Å². The molecule has 7 heteroatoms. The molecule has 0 aromatic carbocycles. The van der Waals surface area contributed by atoms with Crippen molar-refractivity contribution in [2.75, 3.05) is 30.8 Å². The van der Waals surface area contributed by atoms with Gasteiger partial charge in [0.1, 0.15) is 5.82 Å².